The van der Waals surface area contributed by atoms with Gasteiger partial charge in [0.05, 0.1) is 0 Å². The molecule has 1 atom stereocenters. The fourth-order valence-electron chi connectivity index (χ4n) is 3.27. The first-order valence-corrected chi connectivity index (χ1v) is 7.24. The summed E-state index contributed by atoms with van der Waals surface area (Å²) in [6.45, 7) is 9.80. The predicted octanol–water partition coefficient (Wildman–Crippen LogP) is 2.64. The Morgan fingerprint density at radius 3 is 2.69 bits per heavy atom. The van der Waals surface area contributed by atoms with Crippen molar-refractivity contribution in [1.82, 2.24) is 10.2 Å². The van der Waals surface area contributed by atoms with Crippen LogP contribution in [0, 0.1) is 5.41 Å². The van der Waals surface area contributed by atoms with Crippen molar-refractivity contribution in [3.63, 3.8) is 0 Å². The fraction of sp³-hybridized carbons (Fsp3) is 1.00. The van der Waals surface area contributed by atoms with Crippen LogP contribution in [0.5, 0.6) is 0 Å². The van der Waals surface area contributed by atoms with E-state index in [4.69, 9.17) is 0 Å². The molecule has 2 nitrogen and oxygen atoms in total. The van der Waals surface area contributed by atoms with Crippen molar-refractivity contribution >= 4 is 0 Å². The Bertz CT molecular complexity index is 205. The Kier molecular flexibility index (Phi) is 4.26. The highest BCUT2D eigenvalue weighted by Crippen LogP contribution is 2.44. The van der Waals surface area contributed by atoms with Gasteiger partial charge in [-0.15, -0.1) is 0 Å². The number of hydrogen-bond donors (Lipinski definition) is 1. The fourth-order valence-corrected chi connectivity index (χ4v) is 3.27. The molecule has 2 aliphatic rings. The predicted molar refractivity (Wildman–Crippen MR) is 69.7 cm³/mol. The summed E-state index contributed by atoms with van der Waals surface area (Å²) < 4.78 is 0. The van der Waals surface area contributed by atoms with Crippen LogP contribution in [0.15, 0.2) is 0 Å². The molecule has 1 aliphatic heterocycles. The van der Waals surface area contributed by atoms with Crippen molar-refractivity contribution < 1.29 is 0 Å². The van der Waals surface area contributed by atoms with Gasteiger partial charge < -0.3 is 10.2 Å². The maximum Gasteiger partial charge on any atom is 0.0207 e. The molecule has 1 heterocycles. The second kappa shape index (κ2) is 5.50. The van der Waals surface area contributed by atoms with Crippen LogP contribution < -0.4 is 5.32 Å². The van der Waals surface area contributed by atoms with Crippen LogP contribution in [0.4, 0.5) is 0 Å². The first-order valence-electron chi connectivity index (χ1n) is 7.24. The first kappa shape index (κ1) is 12.4. The van der Waals surface area contributed by atoms with Crippen molar-refractivity contribution in [2.24, 2.45) is 5.41 Å². The summed E-state index contributed by atoms with van der Waals surface area (Å²) in [7, 11) is 0. The minimum absolute atomic E-state index is 0.708. The van der Waals surface area contributed by atoms with Gasteiger partial charge >= 0.3 is 0 Å². The molecule has 1 saturated heterocycles. The van der Waals surface area contributed by atoms with Crippen LogP contribution in [0.25, 0.3) is 0 Å². The van der Waals surface area contributed by atoms with Gasteiger partial charge in [-0.3, -0.25) is 0 Å². The van der Waals surface area contributed by atoms with E-state index in [2.05, 4.69) is 24.1 Å². The Morgan fingerprint density at radius 1 is 1.31 bits per heavy atom. The molecule has 2 heteroatoms. The molecule has 16 heavy (non-hydrogen) atoms. The van der Waals surface area contributed by atoms with E-state index in [1.54, 1.807) is 0 Å². The molecule has 2 fully saturated rings. The van der Waals surface area contributed by atoms with Gasteiger partial charge in [-0.1, -0.05) is 20.3 Å². The number of nitrogens with zero attached hydrogens (tertiary/aromatic N) is 1. The molecule has 1 unspecified atom stereocenters. The van der Waals surface area contributed by atoms with E-state index < -0.39 is 0 Å². The minimum atomic E-state index is 0.708. The smallest absolute Gasteiger partial charge is 0.0207 e. The highest BCUT2D eigenvalue weighted by atomic mass is 15.2. The third-order valence-corrected chi connectivity index (χ3v) is 4.68. The number of rotatable bonds is 6. The lowest BCUT2D eigenvalue weighted by Gasteiger charge is -2.44. The van der Waals surface area contributed by atoms with Crippen LogP contribution in [0.1, 0.15) is 52.4 Å². The standard InChI is InChI=1S/C14H28N2/c1-3-9-15-13-6-10-16(11-13)12-14(4-2)7-5-8-14/h13,15H,3-12H2,1-2H3. The summed E-state index contributed by atoms with van der Waals surface area (Å²) in [5.41, 5.74) is 0.708. The molecule has 1 aliphatic carbocycles. The SMILES string of the molecule is CCCNC1CCN(CC2(CC)CCC2)C1. The summed E-state index contributed by atoms with van der Waals surface area (Å²) in [5.74, 6) is 0. The quantitative estimate of drug-likeness (QED) is 0.746. The normalized spacial score (nSPS) is 29.2. The largest absolute Gasteiger partial charge is 0.313 e. The third kappa shape index (κ3) is 2.78. The Hall–Kier alpha value is -0.0800. The maximum absolute atomic E-state index is 3.66. The van der Waals surface area contributed by atoms with Crippen molar-refractivity contribution in [2.45, 2.75) is 58.4 Å². The van der Waals surface area contributed by atoms with Gasteiger partial charge in [0.1, 0.15) is 0 Å². The maximum atomic E-state index is 3.66. The van der Waals surface area contributed by atoms with E-state index in [1.165, 1.54) is 64.7 Å². The molecule has 0 bridgehead atoms. The lowest BCUT2D eigenvalue weighted by molar-refractivity contribution is 0.0723. The number of nitrogens with one attached hydrogen (secondary N) is 1. The average molecular weight is 224 g/mol. The van der Waals surface area contributed by atoms with E-state index in [1.807, 2.05) is 0 Å². The second-order valence-electron chi connectivity index (χ2n) is 5.88. The molecule has 1 saturated carbocycles. The zero-order chi connectivity index (χ0) is 11.4. The van der Waals surface area contributed by atoms with Crippen LogP contribution in [-0.2, 0) is 0 Å². The van der Waals surface area contributed by atoms with Crippen LogP contribution in [-0.4, -0.2) is 37.1 Å². The average Bonchev–Trinajstić information content (AvgIpc) is 2.68. The van der Waals surface area contributed by atoms with Gasteiger partial charge in [-0.25, -0.2) is 0 Å². The van der Waals surface area contributed by atoms with Gasteiger partial charge in [0.15, 0.2) is 0 Å². The lowest BCUT2D eigenvalue weighted by atomic mass is 9.67. The molecule has 0 spiro atoms. The molecular weight excluding hydrogens is 196 g/mol. The molecule has 0 aromatic heterocycles. The zero-order valence-corrected chi connectivity index (χ0v) is 11.1. The molecule has 1 N–H and O–H groups in total. The zero-order valence-electron chi connectivity index (χ0n) is 11.1. The summed E-state index contributed by atoms with van der Waals surface area (Å²) in [6, 6.07) is 0.772. The molecule has 0 aromatic carbocycles. The molecule has 0 aromatic rings. The van der Waals surface area contributed by atoms with Gasteiger partial charge in [0, 0.05) is 19.1 Å². The number of hydrogen-bond acceptors (Lipinski definition) is 2. The lowest BCUT2D eigenvalue weighted by Crippen LogP contribution is -2.42. The van der Waals surface area contributed by atoms with Crippen molar-refractivity contribution in [2.75, 3.05) is 26.2 Å². The van der Waals surface area contributed by atoms with Gasteiger partial charge in [0.2, 0.25) is 0 Å². The van der Waals surface area contributed by atoms with Crippen LogP contribution in [0.2, 0.25) is 0 Å². The van der Waals surface area contributed by atoms with Crippen LogP contribution in [0.3, 0.4) is 0 Å². The molecule has 2 rings (SSSR count). The van der Waals surface area contributed by atoms with E-state index in [0.29, 0.717) is 5.41 Å². The summed E-state index contributed by atoms with van der Waals surface area (Å²) in [6.07, 6.45) is 8.44. The summed E-state index contributed by atoms with van der Waals surface area (Å²) >= 11 is 0. The van der Waals surface area contributed by atoms with Crippen molar-refractivity contribution in [3.05, 3.63) is 0 Å². The van der Waals surface area contributed by atoms with Gasteiger partial charge in [-0.2, -0.15) is 0 Å². The molecule has 0 radical (unpaired) electrons. The topological polar surface area (TPSA) is 15.3 Å². The van der Waals surface area contributed by atoms with Crippen LogP contribution >= 0.6 is 0 Å². The molecular formula is C14H28N2. The summed E-state index contributed by atoms with van der Waals surface area (Å²) in [5, 5.41) is 3.66. The van der Waals surface area contributed by atoms with Crippen molar-refractivity contribution in [3.8, 4) is 0 Å². The van der Waals surface area contributed by atoms with Crippen molar-refractivity contribution in [1.29, 1.82) is 0 Å². The van der Waals surface area contributed by atoms with Gasteiger partial charge in [-0.05, 0) is 50.6 Å². The molecule has 0 amide bonds. The third-order valence-electron chi connectivity index (χ3n) is 4.68. The van der Waals surface area contributed by atoms with E-state index in [-0.39, 0.29) is 0 Å². The second-order valence-corrected chi connectivity index (χ2v) is 5.88. The monoisotopic (exact) mass is 224 g/mol. The minimum Gasteiger partial charge on any atom is -0.313 e. The van der Waals surface area contributed by atoms with E-state index in [9.17, 15) is 0 Å². The molecule has 94 valence electrons. The number of likely N-dealkylation sites (tertiary alicyclic amines) is 1. The van der Waals surface area contributed by atoms with Gasteiger partial charge in [0.25, 0.3) is 0 Å². The highest BCUT2D eigenvalue weighted by Gasteiger charge is 2.38. The highest BCUT2D eigenvalue weighted by molar-refractivity contribution is 4.92. The van der Waals surface area contributed by atoms with E-state index in [0.717, 1.165) is 6.04 Å². The summed E-state index contributed by atoms with van der Waals surface area (Å²) in [4.78, 5) is 2.70. The van der Waals surface area contributed by atoms with E-state index >= 15 is 0 Å². The Balaban J connectivity index is 1.72. The Morgan fingerprint density at radius 2 is 2.12 bits per heavy atom. The first-order chi connectivity index (χ1) is 7.78. The Labute approximate surface area is 101 Å².